The second-order valence-corrected chi connectivity index (χ2v) is 6.61. The van der Waals surface area contributed by atoms with E-state index in [1.54, 1.807) is 11.3 Å². The first-order chi connectivity index (χ1) is 9.45. The predicted molar refractivity (Wildman–Crippen MR) is 89.4 cm³/mol. The Morgan fingerprint density at radius 1 is 1.45 bits per heavy atom. The van der Waals surface area contributed by atoms with Gasteiger partial charge in [0.05, 0.1) is 10.7 Å². The highest BCUT2D eigenvalue weighted by atomic mass is 35.5. The zero-order chi connectivity index (χ0) is 14.7. The molecule has 3 nitrogen and oxygen atoms in total. The summed E-state index contributed by atoms with van der Waals surface area (Å²) >= 11 is 12.9. The van der Waals surface area contributed by atoms with Crippen LogP contribution in [0.5, 0.6) is 0 Å². The summed E-state index contributed by atoms with van der Waals surface area (Å²) in [6, 6.07) is 5.70. The third-order valence-corrected chi connectivity index (χ3v) is 4.29. The van der Waals surface area contributed by atoms with Crippen molar-refractivity contribution in [1.82, 2.24) is 9.88 Å². The lowest BCUT2D eigenvalue weighted by Gasteiger charge is -2.16. The maximum atomic E-state index is 6.27. The summed E-state index contributed by atoms with van der Waals surface area (Å²) in [5, 5.41) is 3.87. The van der Waals surface area contributed by atoms with Gasteiger partial charge in [-0.1, -0.05) is 36.0 Å². The van der Waals surface area contributed by atoms with Crippen LogP contribution in [-0.2, 0) is 13.1 Å². The van der Waals surface area contributed by atoms with Gasteiger partial charge < -0.3 is 5.73 Å². The van der Waals surface area contributed by atoms with E-state index in [1.807, 2.05) is 32.2 Å². The van der Waals surface area contributed by atoms with E-state index in [4.69, 9.17) is 29.6 Å². The van der Waals surface area contributed by atoms with Crippen LogP contribution in [0.15, 0.2) is 23.6 Å². The fourth-order valence-corrected chi connectivity index (χ4v) is 2.90. The van der Waals surface area contributed by atoms with Crippen molar-refractivity contribution in [2.45, 2.75) is 20.0 Å². The Labute approximate surface area is 133 Å². The molecule has 1 aromatic heterocycles. The van der Waals surface area contributed by atoms with Crippen molar-refractivity contribution in [3.05, 3.63) is 50.4 Å². The van der Waals surface area contributed by atoms with E-state index in [0.29, 0.717) is 10.0 Å². The van der Waals surface area contributed by atoms with Gasteiger partial charge >= 0.3 is 0 Å². The number of nitrogens with zero attached hydrogens (tertiary/aromatic N) is 2. The summed E-state index contributed by atoms with van der Waals surface area (Å²) in [7, 11) is 2.05. The zero-order valence-corrected chi connectivity index (χ0v) is 13.8. The molecule has 0 aliphatic heterocycles. The minimum Gasteiger partial charge on any atom is -0.389 e. The highest BCUT2D eigenvalue weighted by Crippen LogP contribution is 2.20. The van der Waals surface area contributed by atoms with Gasteiger partial charge in [0.1, 0.15) is 4.99 Å². The minimum atomic E-state index is 0.366. The first-order valence-corrected chi connectivity index (χ1v) is 7.80. The lowest BCUT2D eigenvalue weighted by atomic mass is 10.1. The number of thiazole rings is 1. The third kappa shape index (κ3) is 3.99. The Balaban J connectivity index is 2.04. The van der Waals surface area contributed by atoms with Crippen LogP contribution in [0.3, 0.4) is 0 Å². The number of halogens is 1. The Morgan fingerprint density at radius 2 is 2.20 bits per heavy atom. The molecule has 2 rings (SSSR count). The molecule has 0 unspecified atom stereocenters. The maximum absolute atomic E-state index is 6.27. The summed E-state index contributed by atoms with van der Waals surface area (Å²) in [5.74, 6) is 0. The molecular formula is C14H16ClN3S2. The van der Waals surface area contributed by atoms with E-state index in [0.717, 1.165) is 34.9 Å². The van der Waals surface area contributed by atoms with E-state index in [9.17, 15) is 0 Å². The fraction of sp³-hybridized carbons (Fsp3) is 0.286. The number of nitrogens with two attached hydrogens (primary N) is 1. The van der Waals surface area contributed by atoms with E-state index in [1.165, 1.54) is 0 Å². The minimum absolute atomic E-state index is 0.366. The number of rotatable bonds is 5. The van der Waals surface area contributed by atoms with Crippen molar-refractivity contribution in [2.24, 2.45) is 5.73 Å². The molecule has 0 amide bonds. The molecule has 2 aromatic rings. The normalized spacial score (nSPS) is 11.0. The number of hydrogen-bond donors (Lipinski definition) is 1. The largest absolute Gasteiger partial charge is 0.389 e. The molecular weight excluding hydrogens is 310 g/mol. The van der Waals surface area contributed by atoms with Crippen LogP contribution in [0, 0.1) is 6.92 Å². The average Bonchev–Trinajstić information content (AvgIpc) is 2.77. The van der Waals surface area contributed by atoms with E-state index in [2.05, 4.69) is 15.3 Å². The first-order valence-electron chi connectivity index (χ1n) is 6.13. The van der Waals surface area contributed by atoms with Crippen molar-refractivity contribution < 1.29 is 0 Å². The average molecular weight is 326 g/mol. The van der Waals surface area contributed by atoms with Crippen molar-refractivity contribution in [3.63, 3.8) is 0 Å². The molecule has 0 bridgehead atoms. The van der Waals surface area contributed by atoms with E-state index < -0.39 is 0 Å². The van der Waals surface area contributed by atoms with Crippen LogP contribution in [0.25, 0.3) is 0 Å². The summed E-state index contributed by atoms with van der Waals surface area (Å²) in [4.78, 5) is 7.00. The van der Waals surface area contributed by atoms with E-state index >= 15 is 0 Å². The summed E-state index contributed by atoms with van der Waals surface area (Å²) in [5.41, 5.74) is 8.54. The van der Waals surface area contributed by atoms with Crippen molar-refractivity contribution in [3.8, 4) is 0 Å². The summed E-state index contributed by atoms with van der Waals surface area (Å²) < 4.78 is 0. The Morgan fingerprint density at radius 3 is 2.75 bits per heavy atom. The van der Waals surface area contributed by atoms with Crippen molar-refractivity contribution >= 4 is 40.1 Å². The predicted octanol–water partition coefficient (Wildman–Crippen LogP) is 3.37. The highest BCUT2D eigenvalue weighted by molar-refractivity contribution is 7.80. The van der Waals surface area contributed by atoms with Crippen LogP contribution in [0.4, 0.5) is 0 Å². The van der Waals surface area contributed by atoms with Gasteiger partial charge in [-0.3, -0.25) is 4.90 Å². The molecule has 0 radical (unpaired) electrons. The topological polar surface area (TPSA) is 42.2 Å². The molecule has 0 atom stereocenters. The molecule has 2 N–H and O–H groups in total. The quantitative estimate of drug-likeness (QED) is 0.856. The van der Waals surface area contributed by atoms with E-state index in [-0.39, 0.29) is 0 Å². The van der Waals surface area contributed by atoms with Crippen LogP contribution < -0.4 is 5.73 Å². The van der Waals surface area contributed by atoms with Crippen LogP contribution in [-0.4, -0.2) is 21.9 Å². The molecule has 106 valence electrons. The van der Waals surface area contributed by atoms with Crippen LogP contribution in [0.2, 0.25) is 5.02 Å². The second kappa shape index (κ2) is 6.63. The second-order valence-electron chi connectivity index (χ2n) is 4.70. The third-order valence-electron chi connectivity index (χ3n) is 2.88. The molecule has 0 fully saturated rings. The fourth-order valence-electron chi connectivity index (χ4n) is 1.93. The summed E-state index contributed by atoms with van der Waals surface area (Å²) in [6.45, 7) is 3.57. The standard InChI is InChI=1S/C14H16ClN3S2/c1-9-17-12(8-20-9)7-18(2)6-11-4-3-10(14(16)19)5-13(11)15/h3-5,8H,6-7H2,1-2H3,(H2,16,19). The summed E-state index contributed by atoms with van der Waals surface area (Å²) in [6.07, 6.45) is 0. The number of hydrogen-bond acceptors (Lipinski definition) is 4. The Hall–Kier alpha value is -1.01. The Bertz CT molecular complexity index is 625. The first kappa shape index (κ1) is 15.4. The number of aromatic nitrogens is 1. The van der Waals surface area contributed by atoms with Crippen LogP contribution >= 0.6 is 35.2 Å². The molecule has 20 heavy (non-hydrogen) atoms. The smallest absolute Gasteiger partial charge is 0.104 e. The number of aryl methyl sites for hydroxylation is 1. The SMILES string of the molecule is Cc1nc(CN(C)Cc2ccc(C(N)=S)cc2Cl)cs1. The monoisotopic (exact) mass is 325 g/mol. The van der Waals surface area contributed by atoms with Crippen molar-refractivity contribution in [1.29, 1.82) is 0 Å². The molecule has 0 saturated carbocycles. The molecule has 1 aromatic carbocycles. The Kier molecular flexibility index (Phi) is 5.10. The van der Waals surface area contributed by atoms with Gasteiger partial charge in [-0.05, 0) is 25.6 Å². The van der Waals surface area contributed by atoms with Gasteiger partial charge in [0.15, 0.2) is 0 Å². The molecule has 0 saturated heterocycles. The van der Waals surface area contributed by atoms with Gasteiger partial charge in [-0.15, -0.1) is 11.3 Å². The van der Waals surface area contributed by atoms with Gasteiger partial charge in [0, 0.05) is 29.1 Å². The molecule has 0 aliphatic rings. The maximum Gasteiger partial charge on any atom is 0.104 e. The van der Waals surface area contributed by atoms with Crippen LogP contribution in [0.1, 0.15) is 21.8 Å². The number of benzene rings is 1. The lowest BCUT2D eigenvalue weighted by Crippen LogP contribution is -2.18. The van der Waals surface area contributed by atoms with Crippen molar-refractivity contribution in [2.75, 3.05) is 7.05 Å². The molecule has 0 aliphatic carbocycles. The highest BCUT2D eigenvalue weighted by Gasteiger charge is 2.08. The molecule has 0 spiro atoms. The zero-order valence-electron chi connectivity index (χ0n) is 11.4. The van der Waals surface area contributed by atoms with Gasteiger partial charge in [0.2, 0.25) is 0 Å². The van der Waals surface area contributed by atoms with Gasteiger partial charge in [0.25, 0.3) is 0 Å². The van der Waals surface area contributed by atoms with Gasteiger partial charge in [-0.2, -0.15) is 0 Å². The number of thiocarbonyl (C=S) groups is 1. The van der Waals surface area contributed by atoms with Gasteiger partial charge in [-0.25, -0.2) is 4.98 Å². The molecule has 1 heterocycles. The molecule has 6 heteroatoms. The lowest BCUT2D eigenvalue weighted by molar-refractivity contribution is 0.315.